The summed E-state index contributed by atoms with van der Waals surface area (Å²) in [5, 5.41) is 8.97. The summed E-state index contributed by atoms with van der Waals surface area (Å²) in [4.78, 5) is 28.2. The lowest BCUT2D eigenvalue weighted by Gasteiger charge is -2.36. The Labute approximate surface area is 175 Å². The quantitative estimate of drug-likeness (QED) is 0.647. The van der Waals surface area contributed by atoms with Gasteiger partial charge >= 0.3 is 6.16 Å². The van der Waals surface area contributed by atoms with Gasteiger partial charge in [0.1, 0.15) is 11.6 Å². The standard InChI is InChI=1S/C22H19F2N3O4/c23-13-1-3-14(4-2-13)27-12-20(31-22(29)30)21(28)16-9-17(24)19(10-18(16)27)26-8-7-25-6-5-15(26)11-25/h1-4,9-10,12,15H,5-8,11H2,(H,29,30). The number of benzene rings is 2. The van der Waals surface area contributed by atoms with Gasteiger partial charge in [0.25, 0.3) is 0 Å². The van der Waals surface area contributed by atoms with Crippen molar-refractivity contribution in [2.24, 2.45) is 0 Å². The van der Waals surface area contributed by atoms with E-state index >= 15 is 4.39 Å². The fraction of sp³-hybridized carbons (Fsp3) is 0.273. The maximum atomic E-state index is 15.2. The first-order chi connectivity index (χ1) is 14.9. The molecule has 160 valence electrons. The summed E-state index contributed by atoms with van der Waals surface area (Å²) in [5.74, 6) is -1.45. The monoisotopic (exact) mass is 427 g/mol. The van der Waals surface area contributed by atoms with Gasteiger partial charge in [0.05, 0.1) is 22.8 Å². The Kier molecular flexibility index (Phi) is 4.62. The van der Waals surface area contributed by atoms with Crippen LogP contribution in [-0.2, 0) is 0 Å². The molecule has 3 aromatic rings. The fourth-order valence-electron chi connectivity index (χ4n) is 4.53. The molecule has 7 nitrogen and oxygen atoms in total. The van der Waals surface area contributed by atoms with E-state index in [1.54, 1.807) is 6.07 Å². The van der Waals surface area contributed by atoms with Crippen molar-refractivity contribution in [2.45, 2.75) is 12.5 Å². The van der Waals surface area contributed by atoms with Crippen LogP contribution < -0.4 is 15.1 Å². The predicted octanol–water partition coefficient (Wildman–Crippen LogP) is 3.22. The number of hydrogen-bond acceptors (Lipinski definition) is 5. The average Bonchev–Trinajstić information content (AvgIpc) is 3.12. The molecule has 2 aromatic carbocycles. The van der Waals surface area contributed by atoms with E-state index in [4.69, 9.17) is 5.11 Å². The van der Waals surface area contributed by atoms with Crippen molar-refractivity contribution in [3.8, 4) is 11.4 Å². The molecule has 0 amide bonds. The number of piperazine rings is 1. The molecular weight excluding hydrogens is 408 g/mol. The van der Waals surface area contributed by atoms with Crippen molar-refractivity contribution < 1.29 is 23.4 Å². The van der Waals surface area contributed by atoms with Crippen molar-refractivity contribution in [3.05, 3.63) is 64.5 Å². The SMILES string of the molecule is O=C(O)Oc1cn(-c2ccc(F)cc2)c2cc(N3CCN4CCC3C4)c(F)cc2c1=O. The van der Waals surface area contributed by atoms with E-state index in [1.807, 2.05) is 4.90 Å². The summed E-state index contributed by atoms with van der Waals surface area (Å²) in [7, 11) is 0. The van der Waals surface area contributed by atoms with Crippen LogP contribution >= 0.6 is 0 Å². The summed E-state index contributed by atoms with van der Waals surface area (Å²) < 4.78 is 34.8. The smallest absolute Gasteiger partial charge is 0.449 e. The third kappa shape index (κ3) is 3.40. The molecule has 3 heterocycles. The minimum Gasteiger partial charge on any atom is -0.449 e. The van der Waals surface area contributed by atoms with Crippen LogP contribution in [0.5, 0.6) is 5.75 Å². The van der Waals surface area contributed by atoms with E-state index in [1.165, 1.54) is 35.0 Å². The highest BCUT2D eigenvalue weighted by Gasteiger charge is 2.34. The van der Waals surface area contributed by atoms with Crippen LogP contribution in [0, 0.1) is 11.6 Å². The van der Waals surface area contributed by atoms with Crippen molar-refractivity contribution >= 4 is 22.7 Å². The number of carbonyl (C=O) groups is 1. The lowest BCUT2D eigenvalue weighted by atomic mass is 10.1. The highest BCUT2D eigenvalue weighted by Crippen LogP contribution is 2.32. The minimum atomic E-state index is -1.65. The maximum absolute atomic E-state index is 15.2. The van der Waals surface area contributed by atoms with Crippen molar-refractivity contribution in [2.75, 3.05) is 31.1 Å². The number of halogens is 2. The van der Waals surface area contributed by atoms with Crippen LogP contribution in [-0.4, -0.2) is 52.9 Å². The van der Waals surface area contributed by atoms with E-state index < -0.39 is 29.0 Å². The second kappa shape index (κ2) is 7.35. The van der Waals surface area contributed by atoms with E-state index in [-0.39, 0.29) is 11.4 Å². The number of hydrogen-bond donors (Lipinski definition) is 1. The van der Waals surface area contributed by atoms with E-state index in [9.17, 15) is 14.0 Å². The fourth-order valence-corrected chi connectivity index (χ4v) is 4.53. The minimum absolute atomic E-state index is 0.0191. The number of anilines is 1. The molecule has 0 spiro atoms. The van der Waals surface area contributed by atoms with Gasteiger partial charge in [0.15, 0.2) is 5.75 Å². The van der Waals surface area contributed by atoms with Gasteiger partial charge in [-0.1, -0.05) is 0 Å². The summed E-state index contributed by atoms with van der Waals surface area (Å²) in [6.45, 7) is 3.36. The molecule has 1 aromatic heterocycles. The normalized spacial score (nSPS) is 20.3. The number of nitrogens with zero attached hydrogens (tertiary/aromatic N) is 3. The zero-order chi connectivity index (χ0) is 21.7. The summed E-state index contributed by atoms with van der Waals surface area (Å²) in [6, 6.07) is 8.40. The Morgan fingerprint density at radius 1 is 1.10 bits per heavy atom. The molecule has 1 N–H and O–H groups in total. The zero-order valence-corrected chi connectivity index (χ0v) is 16.4. The zero-order valence-electron chi connectivity index (χ0n) is 16.4. The van der Waals surface area contributed by atoms with Gasteiger partial charge in [-0.3, -0.25) is 9.69 Å². The molecule has 2 aliphatic heterocycles. The third-order valence-corrected chi connectivity index (χ3v) is 6.00. The Hall–Kier alpha value is -3.46. The molecule has 9 heteroatoms. The Balaban J connectivity index is 1.73. The molecule has 0 aliphatic carbocycles. The maximum Gasteiger partial charge on any atom is 0.511 e. The highest BCUT2D eigenvalue weighted by atomic mass is 19.1. The first kappa shape index (κ1) is 19.5. The van der Waals surface area contributed by atoms with Crippen LogP contribution in [0.3, 0.4) is 0 Å². The van der Waals surface area contributed by atoms with Crippen molar-refractivity contribution in [1.29, 1.82) is 0 Å². The van der Waals surface area contributed by atoms with Gasteiger partial charge in [0.2, 0.25) is 5.43 Å². The largest absolute Gasteiger partial charge is 0.511 e. The number of carboxylic acid groups (broad SMARTS) is 1. The average molecular weight is 427 g/mol. The highest BCUT2D eigenvalue weighted by molar-refractivity contribution is 5.86. The number of fused-ring (bicyclic) bond motifs is 3. The molecule has 2 atom stereocenters. The molecule has 0 radical (unpaired) electrons. The predicted molar refractivity (Wildman–Crippen MR) is 110 cm³/mol. The first-order valence-corrected chi connectivity index (χ1v) is 9.95. The second-order valence-electron chi connectivity index (χ2n) is 7.79. The van der Waals surface area contributed by atoms with Crippen LogP contribution in [0.2, 0.25) is 0 Å². The molecular formula is C22H19F2N3O4. The molecule has 0 saturated carbocycles. The number of aromatic nitrogens is 1. The Bertz CT molecular complexity index is 1240. The molecule has 2 unspecified atom stereocenters. The molecule has 31 heavy (non-hydrogen) atoms. The number of ether oxygens (including phenoxy) is 1. The second-order valence-corrected chi connectivity index (χ2v) is 7.79. The van der Waals surface area contributed by atoms with E-state index in [2.05, 4.69) is 9.64 Å². The van der Waals surface area contributed by atoms with E-state index in [0.29, 0.717) is 23.4 Å². The third-order valence-electron chi connectivity index (χ3n) is 6.00. The lowest BCUT2D eigenvalue weighted by molar-refractivity contribution is 0.144. The Morgan fingerprint density at radius 3 is 2.61 bits per heavy atom. The van der Waals surface area contributed by atoms with Crippen LogP contribution in [0.4, 0.5) is 19.3 Å². The van der Waals surface area contributed by atoms with Gasteiger partial charge in [-0.05, 0) is 42.8 Å². The lowest BCUT2D eigenvalue weighted by Crippen LogP contribution is -2.47. The van der Waals surface area contributed by atoms with Crippen molar-refractivity contribution in [3.63, 3.8) is 0 Å². The summed E-state index contributed by atoms with van der Waals surface area (Å²) in [5.41, 5.74) is 0.518. The van der Waals surface area contributed by atoms with Gasteiger partial charge in [-0.2, -0.15) is 0 Å². The van der Waals surface area contributed by atoms with Crippen LogP contribution in [0.25, 0.3) is 16.6 Å². The summed E-state index contributed by atoms with van der Waals surface area (Å²) in [6.07, 6.45) is 0.521. The Morgan fingerprint density at radius 2 is 1.87 bits per heavy atom. The van der Waals surface area contributed by atoms with Crippen LogP contribution in [0.15, 0.2) is 47.4 Å². The first-order valence-electron chi connectivity index (χ1n) is 9.95. The molecule has 2 aliphatic rings. The molecule has 5 rings (SSSR count). The van der Waals surface area contributed by atoms with Gasteiger partial charge < -0.3 is 19.3 Å². The molecule has 2 fully saturated rings. The molecule has 2 bridgehead atoms. The topological polar surface area (TPSA) is 75.0 Å². The van der Waals surface area contributed by atoms with Crippen LogP contribution in [0.1, 0.15) is 6.42 Å². The number of rotatable bonds is 3. The number of pyridine rings is 1. The van der Waals surface area contributed by atoms with Gasteiger partial charge in [-0.25, -0.2) is 13.6 Å². The van der Waals surface area contributed by atoms with Gasteiger partial charge in [0, 0.05) is 37.9 Å². The van der Waals surface area contributed by atoms with Crippen molar-refractivity contribution in [1.82, 2.24) is 9.47 Å². The summed E-state index contributed by atoms with van der Waals surface area (Å²) >= 11 is 0. The van der Waals surface area contributed by atoms with Gasteiger partial charge in [-0.15, -0.1) is 0 Å². The van der Waals surface area contributed by atoms with E-state index in [0.717, 1.165) is 32.1 Å². The molecule has 2 saturated heterocycles.